The molecule has 0 atom stereocenters. The van der Waals surface area contributed by atoms with E-state index in [9.17, 15) is 27.6 Å². The number of amides is 3. The van der Waals surface area contributed by atoms with E-state index < -0.39 is 18.6 Å². The number of hydrogen-bond acceptors (Lipinski definition) is 3. The smallest absolute Gasteiger partial charge is 0.343 e. The van der Waals surface area contributed by atoms with E-state index in [2.05, 4.69) is 0 Å². The van der Waals surface area contributed by atoms with Crippen LogP contribution in [0.5, 0.6) is 0 Å². The summed E-state index contributed by atoms with van der Waals surface area (Å²) in [7, 11) is 0. The summed E-state index contributed by atoms with van der Waals surface area (Å²) in [5.41, 5.74) is 0.697. The van der Waals surface area contributed by atoms with E-state index in [1.807, 2.05) is 0 Å². The van der Waals surface area contributed by atoms with Gasteiger partial charge in [0.15, 0.2) is 0 Å². The van der Waals surface area contributed by atoms with Crippen LogP contribution >= 0.6 is 0 Å². The summed E-state index contributed by atoms with van der Waals surface area (Å²) in [5.74, 6) is -1.34. The van der Waals surface area contributed by atoms with E-state index in [1.54, 1.807) is 5.32 Å². The molecule has 8 heteroatoms. The number of imide groups is 1. The van der Waals surface area contributed by atoms with Crippen molar-refractivity contribution in [3.8, 4) is 0 Å². The topological polar surface area (TPSA) is 66.5 Å². The molecule has 1 aromatic carbocycles. The van der Waals surface area contributed by atoms with Crippen LogP contribution in [0.1, 0.15) is 28.8 Å². The maximum absolute atomic E-state index is 12.0. The van der Waals surface area contributed by atoms with Crippen molar-refractivity contribution in [3.05, 3.63) is 35.4 Å². The van der Waals surface area contributed by atoms with Gasteiger partial charge in [-0.05, 0) is 17.7 Å². The van der Waals surface area contributed by atoms with Gasteiger partial charge in [-0.1, -0.05) is 12.1 Å². The lowest BCUT2D eigenvalue weighted by molar-refractivity contribution is -0.139. The summed E-state index contributed by atoms with van der Waals surface area (Å²) in [6, 6.07) is 5.71. The van der Waals surface area contributed by atoms with E-state index >= 15 is 0 Å². The van der Waals surface area contributed by atoms with Gasteiger partial charge >= 0.3 is 6.18 Å². The van der Waals surface area contributed by atoms with Crippen molar-refractivity contribution in [1.29, 1.82) is 0 Å². The van der Waals surface area contributed by atoms with Crippen LogP contribution in [0.3, 0.4) is 0 Å². The molecule has 1 aliphatic heterocycles. The molecule has 1 N–H and O–H groups in total. The predicted molar refractivity (Wildman–Crippen MR) is 69.6 cm³/mol. The molecule has 0 bridgehead atoms. The van der Waals surface area contributed by atoms with Crippen LogP contribution in [-0.4, -0.2) is 35.3 Å². The van der Waals surface area contributed by atoms with E-state index in [1.165, 1.54) is 24.3 Å². The zero-order valence-electron chi connectivity index (χ0n) is 11.4. The molecule has 1 fully saturated rings. The molecule has 1 saturated heterocycles. The molecule has 0 radical (unpaired) electrons. The monoisotopic (exact) mass is 314 g/mol. The fourth-order valence-electron chi connectivity index (χ4n) is 2.03. The number of benzene rings is 1. The standard InChI is InChI=1S/C14H13F3N2O3/c15-14(16,17)8-18-13(22)10-3-1-9(2-4-10)7-19-11(20)5-6-12(19)21/h1-4H,5-8H2,(H,18,22). The minimum atomic E-state index is -4.47. The Labute approximate surface area is 124 Å². The van der Waals surface area contributed by atoms with Crippen LogP contribution < -0.4 is 5.32 Å². The Morgan fingerprint density at radius 2 is 1.64 bits per heavy atom. The lowest BCUT2D eigenvalue weighted by Gasteiger charge is -2.14. The summed E-state index contributed by atoms with van der Waals surface area (Å²) < 4.78 is 36.0. The lowest BCUT2D eigenvalue weighted by atomic mass is 10.1. The second-order valence-corrected chi connectivity index (χ2v) is 4.87. The van der Waals surface area contributed by atoms with Crippen molar-refractivity contribution in [2.75, 3.05) is 6.54 Å². The Bertz CT molecular complexity index is 580. The van der Waals surface area contributed by atoms with Crippen molar-refractivity contribution in [2.24, 2.45) is 0 Å². The highest BCUT2D eigenvalue weighted by molar-refractivity contribution is 6.01. The molecule has 3 amide bonds. The van der Waals surface area contributed by atoms with Crippen LogP contribution in [0.15, 0.2) is 24.3 Å². The van der Waals surface area contributed by atoms with Crippen LogP contribution in [0.4, 0.5) is 13.2 Å². The fraction of sp³-hybridized carbons (Fsp3) is 0.357. The Morgan fingerprint density at radius 3 is 2.14 bits per heavy atom. The van der Waals surface area contributed by atoms with Gasteiger partial charge in [-0.2, -0.15) is 13.2 Å². The van der Waals surface area contributed by atoms with Crippen molar-refractivity contribution in [2.45, 2.75) is 25.6 Å². The van der Waals surface area contributed by atoms with Crippen molar-refractivity contribution in [1.82, 2.24) is 10.2 Å². The number of nitrogens with one attached hydrogen (secondary N) is 1. The fourth-order valence-corrected chi connectivity index (χ4v) is 2.03. The summed E-state index contributed by atoms with van der Waals surface area (Å²) in [4.78, 5) is 35.6. The highest BCUT2D eigenvalue weighted by Gasteiger charge is 2.29. The van der Waals surface area contributed by atoms with Gasteiger partial charge in [0.05, 0.1) is 6.54 Å². The Morgan fingerprint density at radius 1 is 1.09 bits per heavy atom. The number of nitrogens with zero attached hydrogens (tertiary/aromatic N) is 1. The average molecular weight is 314 g/mol. The van der Waals surface area contributed by atoms with Gasteiger partial charge in [0, 0.05) is 18.4 Å². The van der Waals surface area contributed by atoms with Crippen molar-refractivity contribution in [3.63, 3.8) is 0 Å². The quantitative estimate of drug-likeness (QED) is 0.859. The maximum Gasteiger partial charge on any atom is 0.405 e. The van der Waals surface area contributed by atoms with Gasteiger partial charge in [-0.25, -0.2) is 0 Å². The molecule has 1 heterocycles. The molecule has 0 unspecified atom stereocenters. The third-order valence-electron chi connectivity index (χ3n) is 3.16. The second kappa shape index (κ2) is 6.17. The average Bonchev–Trinajstić information content (AvgIpc) is 2.77. The van der Waals surface area contributed by atoms with Crippen LogP contribution in [0, 0.1) is 0 Å². The first-order valence-electron chi connectivity index (χ1n) is 6.53. The van der Waals surface area contributed by atoms with Gasteiger partial charge in [0.1, 0.15) is 6.54 Å². The number of rotatable bonds is 4. The highest BCUT2D eigenvalue weighted by atomic mass is 19.4. The van der Waals surface area contributed by atoms with Gasteiger partial charge < -0.3 is 5.32 Å². The molecule has 2 rings (SSSR count). The van der Waals surface area contributed by atoms with Gasteiger partial charge in [0.25, 0.3) is 5.91 Å². The van der Waals surface area contributed by atoms with E-state index in [0.717, 1.165) is 4.90 Å². The Hall–Kier alpha value is -2.38. The number of carbonyl (C=O) groups excluding carboxylic acids is 3. The normalized spacial score (nSPS) is 15.3. The summed E-state index contributed by atoms with van der Waals surface area (Å²) >= 11 is 0. The Balaban J connectivity index is 1.97. The molecule has 1 aliphatic rings. The molecule has 0 saturated carbocycles. The first-order valence-corrected chi connectivity index (χ1v) is 6.53. The first-order chi connectivity index (χ1) is 10.3. The largest absolute Gasteiger partial charge is 0.405 e. The number of likely N-dealkylation sites (tertiary alicyclic amines) is 1. The van der Waals surface area contributed by atoms with Crippen LogP contribution in [0.2, 0.25) is 0 Å². The predicted octanol–water partition coefficient (Wildman–Crippen LogP) is 1.63. The van der Waals surface area contributed by atoms with Gasteiger partial charge in [0.2, 0.25) is 11.8 Å². The van der Waals surface area contributed by atoms with E-state index in [-0.39, 0.29) is 36.8 Å². The van der Waals surface area contributed by atoms with Gasteiger partial charge in [-0.3, -0.25) is 19.3 Å². The van der Waals surface area contributed by atoms with E-state index in [4.69, 9.17) is 0 Å². The number of carbonyl (C=O) groups is 3. The molecule has 0 spiro atoms. The lowest BCUT2D eigenvalue weighted by Crippen LogP contribution is -2.33. The zero-order chi connectivity index (χ0) is 16.3. The third kappa shape index (κ3) is 4.06. The molecule has 5 nitrogen and oxygen atoms in total. The maximum atomic E-state index is 12.0. The SMILES string of the molecule is O=C(NCC(F)(F)F)c1ccc(CN2C(=O)CCC2=O)cc1. The Kier molecular flexibility index (Phi) is 4.48. The molecular formula is C14H13F3N2O3. The molecule has 118 valence electrons. The third-order valence-corrected chi connectivity index (χ3v) is 3.16. The summed E-state index contributed by atoms with van der Waals surface area (Å²) in [6.45, 7) is -1.30. The molecular weight excluding hydrogens is 301 g/mol. The summed E-state index contributed by atoms with van der Waals surface area (Å²) in [5, 5.41) is 1.76. The molecule has 1 aromatic rings. The summed E-state index contributed by atoms with van der Waals surface area (Å²) in [6.07, 6.45) is -4.08. The number of hydrogen-bond donors (Lipinski definition) is 1. The molecule has 0 aliphatic carbocycles. The molecule has 0 aromatic heterocycles. The number of halogens is 3. The zero-order valence-corrected chi connectivity index (χ0v) is 11.4. The van der Waals surface area contributed by atoms with Crippen molar-refractivity contribution >= 4 is 17.7 Å². The highest BCUT2D eigenvalue weighted by Crippen LogP contribution is 2.16. The molecule has 22 heavy (non-hydrogen) atoms. The van der Waals surface area contributed by atoms with E-state index in [0.29, 0.717) is 5.56 Å². The minimum absolute atomic E-state index is 0.0760. The second-order valence-electron chi connectivity index (χ2n) is 4.87. The van der Waals surface area contributed by atoms with Crippen LogP contribution in [-0.2, 0) is 16.1 Å². The first kappa shape index (κ1) is 16.0. The van der Waals surface area contributed by atoms with Gasteiger partial charge in [-0.15, -0.1) is 0 Å². The minimum Gasteiger partial charge on any atom is -0.343 e. The van der Waals surface area contributed by atoms with Crippen LogP contribution in [0.25, 0.3) is 0 Å². The van der Waals surface area contributed by atoms with Crippen molar-refractivity contribution < 1.29 is 27.6 Å². The number of alkyl halides is 3.